The SMILES string of the molecule is O=C(O)c1cc2cc(CNCCc3ccsc3)ccc2o1. The number of thiophene rings is 1. The van der Waals surface area contributed by atoms with Crippen LogP contribution in [0.2, 0.25) is 0 Å². The molecule has 0 atom stereocenters. The third-order valence-electron chi connectivity index (χ3n) is 3.29. The second-order valence-electron chi connectivity index (χ2n) is 4.85. The fourth-order valence-electron chi connectivity index (χ4n) is 2.21. The summed E-state index contributed by atoms with van der Waals surface area (Å²) < 4.78 is 5.24. The van der Waals surface area contributed by atoms with Gasteiger partial charge in [0.2, 0.25) is 5.76 Å². The molecule has 0 spiro atoms. The van der Waals surface area contributed by atoms with Crippen LogP contribution in [0.25, 0.3) is 11.0 Å². The Balaban J connectivity index is 1.60. The molecule has 0 radical (unpaired) electrons. The van der Waals surface area contributed by atoms with Gasteiger partial charge in [0.1, 0.15) is 5.58 Å². The van der Waals surface area contributed by atoms with E-state index in [0.717, 1.165) is 30.5 Å². The number of rotatable bonds is 6. The van der Waals surface area contributed by atoms with E-state index in [1.54, 1.807) is 17.4 Å². The minimum atomic E-state index is -1.04. The molecule has 0 amide bonds. The monoisotopic (exact) mass is 301 g/mol. The normalized spacial score (nSPS) is 11.0. The fourth-order valence-corrected chi connectivity index (χ4v) is 2.91. The van der Waals surface area contributed by atoms with E-state index in [-0.39, 0.29) is 5.76 Å². The number of benzene rings is 1. The van der Waals surface area contributed by atoms with Gasteiger partial charge in [0.25, 0.3) is 0 Å². The highest BCUT2D eigenvalue weighted by Gasteiger charge is 2.10. The number of furan rings is 1. The van der Waals surface area contributed by atoms with E-state index in [2.05, 4.69) is 22.1 Å². The van der Waals surface area contributed by atoms with Gasteiger partial charge in [-0.3, -0.25) is 0 Å². The zero-order valence-electron chi connectivity index (χ0n) is 11.3. The molecule has 2 heterocycles. The smallest absolute Gasteiger partial charge is 0.371 e. The zero-order valence-corrected chi connectivity index (χ0v) is 12.2. The molecule has 0 aliphatic heterocycles. The summed E-state index contributed by atoms with van der Waals surface area (Å²) in [5.74, 6) is -1.06. The lowest BCUT2D eigenvalue weighted by Gasteiger charge is -2.04. The summed E-state index contributed by atoms with van der Waals surface area (Å²) in [7, 11) is 0. The second-order valence-corrected chi connectivity index (χ2v) is 5.63. The van der Waals surface area contributed by atoms with E-state index in [1.165, 1.54) is 5.56 Å². The third-order valence-corrected chi connectivity index (χ3v) is 4.02. The molecule has 0 fully saturated rings. The van der Waals surface area contributed by atoms with Crippen molar-refractivity contribution in [2.24, 2.45) is 0 Å². The van der Waals surface area contributed by atoms with Crippen molar-refractivity contribution in [1.29, 1.82) is 0 Å². The summed E-state index contributed by atoms with van der Waals surface area (Å²) >= 11 is 1.71. The molecule has 108 valence electrons. The average molecular weight is 301 g/mol. The number of aromatic carboxylic acids is 1. The van der Waals surface area contributed by atoms with Gasteiger partial charge in [-0.15, -0.1) is 0 Å². The highest BCUT2D eigenvalue weighted by atomic mass is 32.1. The van der Waals surface area contributed by atoms with Crippen LogP contribution in [-0.2, 0) is 13.0 Å². The molecule has 21 heavy (non-hydrogen) atoms. The Kier molecular flexibility index (Phi) is 4.03. The maximum Gasteiger partial charge on any atom is 0.371 e. The molecule has 0 bridgehead atoms. The van der Waals surface area contributed by atoms with Crippen molar-refractivity contribution in [3.63, 3.8) is 0 Å². The lowest BCUT2D eigenvalue weighted by Crippen LogP contribution is -2.16. The quantitative estimate of drug-likeness (QED) is 0.684. The van der Waals surface area contributed by atoms with Crippen LogP contribution >= 0.6 is 11.3 Å². The summed E-state index contributed by atoms with van der Waals surface area (Å²) in [5.41, 5.74) is 3.07. The Morgan fingerprint density at radius 1 is 1.24 bits per heavy atom. The van der Waals surface area contributed by atoms with E-state index in [4.69, 9.17) is 9.52 Å². The highest BCUT2D eigenvalue weighted by molar-refractivity contribution is 7.07. The van der Waals surface area contributed by atoms with Gasteiger partial charge in [-0.05, 0) is 59.1 Å². The Bertz CT molecular complexity index is 746. The first-order chi connectivity index (χ1) is 10.2. The molecular formula is C16H15NO3S. The van der Waals surface area contributed by atoms with Crippen LogP contribution in [0.4, 0.5) is 0 Å². The van der Waals surface area contributed by atoms with Crippen molar-refractivity contribution >= 4 is 28.3 Å². The molecule has 0 aliphatic carbocycles. The van der Waals surface area contributed by atoms with E-state index >= 15 is 0 Å². The first-order valence-electron chi connectivity index (χ1n) is 6.70. The minimum Gasteiger partial charge on any atom is -0.475 e. The van der Waals surface area contributed by atoms with Crippen LogP contribution in [-0.4, -0.2) is 17.6 Å². The number of carboxylic acid groups (broad SMARTS) is 1. The molecule has 3 aromatic rings. The van der Waals surface area contributed by atoms with Crippen LogP contribution in [0, 0.1) is 0 Å². The first kappa shape index (κ1) is 13.9. The van der Waals surface area contributed by atoms with Crippen molar-refractivity contribution in [3.05, 3.63) is 58.0 Å². The molecule has 3 rings (SSSR count). The summed E-state index contributed by atoms with van der Waals surface area (Å²) in [4.78, 5) is 10.9. The molecule has 4 nitrogen and oxygen atoms in total. The molecular weight excluding hydrogens is 286 g/mol. The van der Waals surface area contributed by atoms with Gasteiger partial charge >= 0.3 is 5.97 Å². The summed E-state index contributed by atoms with van der Waals surface area (Å²) in [6.45, 7) is 1.67. The van der Waals surface area contributed by atoms with Gasteiger partial charge in [-0.25, -0.2) is 4.79 Å². The van der Waals surface area contributed by atoms with E-state index in [1.807, 2.05) is 18.2 Å². The maximum absolute atomic E-state index is 10.9. The minimum absolute atomic E-state index is 0.0208. The van der Waals surface area contributed by atoms with Crippen molar-refractivity contribution in [3.8, 4) is 0 Å². The Morgan fingerprint density at radius 2 is 2.14 bits per heavy atom. The van der Waals surface area contributed by atoms with Gasteiger partial charge in [0.05, 0.1) is 0 Å². The lowest BCUT2D eigenvalue weighted by atomic mass is 10.1. The van der Waals surface area contributed by atoms with Crippen LogP contribution in [0.15, 0.2) is 45.5 Å². The number of carboxylic acids is 1. The van der Waals surface area contributed by atoms with Crippen LogP contribution in [0.3, 0.4) is 0 Å². The molecule has 5 heteroatoms. The predicted octanol–water partition coefficient (Wildman–Crippen LogP) is 3.52. The van der Waals surface area contributed by atoms with E-state index < -0.39 is 5.97 Å². The number of hydrogen-bond donors (Lipinski definition) is 2. The standard InChI is InChI=1S/C16H15NO3S/c18-16(19)15-8-13-7-12(1-2-14(13)20-15)9-17-5-3-11-4-6-21-10-11/h1-2,4,6-8,10,17H,3,5,9H2,(H,18,19). The Hall–Kier alpha value is -2.11. The molecule has 2 N–H and O–H groups in total. The largest absolute Gasteiger partial charge is 0.475 e. The number of carbonyl (C=O) groups is 1. The molecule has 0 saturated heterocycles. The lowest BCUT2D eigenvalue weighted by molar-refractivity contribution is 0.0665. The Morgan fingerprint density at radius 3 is 2.90 bits per heavy atom. The topological polar surface area (TPSA) is 62.5 Å². The number of hydrogen-bond acceptors (Lipinski definition) is 4. The van der Waals surface area contributed by atoms with Crippen molar-refractivity contribution in [2.75, 3.05) is 6.54 Å². The predicted molar refractivity (Wildman–Crippen MR) is 82.9 cm³/mol. The van der Waals surface area contributed by atoms with Gasteiger partial charge in [0.15, 0.2) is 0 Å². The Labute approximate surface area is 126 Å². The van der Waals surface area contributed by atoms with E-state index in [0.29, 0.717) is 5.58 Å². The van der Waals surface area contributed by atoms with Gasteiger partial charge < -0.3 is 14.8 Å². The third kappa shape index (κ3) is 3.32. The average Bonchev–Trinajstić information content (AvgIpc) is 3.12. The first-order valence-corrected chi connectivity index (χ1v) is 7.64. The number of nitrogens with one attached hydrogen (secondary N) is 1. The summed E-state index contributed by atoms with van der Waals surface area (Å²) in [5, 5.41) is 17.4. The van der Waals surface area contributed by atoms with Gasteiger partial charge in [-0.2, -0.15) is 11.3 Å². The van der Waals surface area contributed by atoms with Crippen molar-refractivity contribution in [1.82, 2.24) is 5.32 Å². The van der Waals surface area contributed by atoms with Crippen molar-refractivity contribution < 1.29 is 14.3 Å². The number of fused-ring (bicyclic) bond motifs is 1. The molecule has 2 aromatic heterocycles. The molecule has 1 aromatic carbocycles. The molecule has 0 unspecified atom stereocenters. The van der Waals surface area contributed by atoms with E-state index in [9.17, 15) is 4.79 Å². The van der Waals surface area contributed by atoms with Gasteiger partial charge in [-0.1, -0.05) is 6.07 Å². The van der Waals surface area contributed by atoms with Gasteiger partial charge in [0, 0.05) is 11.9 Å². The van der Waals surface area contributed by atoms with Crippen molar-refractivity contribution in [2.45, 2.75) is 13.0 Å². The zero-order chi connectivity index (χ0) is 14.7. The molecule has 0 aliphatic rings. The van der Waals surface area contributed by atoms with Crippen LogP contribution in [0.5, 0.6) is 0 Å². The van der Waals surface area contributed by atoms with Crippen LogP contribution < -0.4 is 5.32 Å². The maximum atomic E-state index is 10.9. The molecule has 0 saturated carbocycles. The second kappa shape index (κ2) is 6.11. The fraction of sp³-hybridized carbons (Fsp3) is 0.188. The summed E-state index contributed by atoms with van der Waals surface area (Å²) in [6.07, 6.45) is 1.01. The summed E-state index contributed by atoms with van der Waals surface area (Å²) in [6, 6.07) is 9.43. The highest BCUT2D eigenvalue weighted by Crippen LogP contribution is 2.20. The van der Waals surface area contributed by atoms with Crippen LogP contribution in [0.1, 0.15) is 21.7 Å².